The highest BCUT2D eigenvalue weighted by atomic mass is 16.2. The molecule has 0 fully saturated rings. The van der Waals surface area contributed by atoms with Crippen molar-refractivity contribution in [2.45, 2.75) is 0 Å². The monoisotopic (exact) mass is 565 g/mol. The largest absolute Gasteiger partial charge is 0.308 e. The fourth-order valence-corrected chi connectivity index (χ4v) is 6.42. The number of rotatable bonds is 4. The summed E-state index contributed by atoms with van der Waals surface area (Å²) >= 11 is 0. The van der Waals surface area contributed by atoms with Crippen LogP contribution in [0.2, 0.25) is 0 Å². The lowest BCUT2D eigenvalue weighted by Crippen LogP contribution is -2.29. The normalized spacial score (nSPS) is 12.6. The summed E-state index contributed by atoms with van der Waals surface area (Å²) in [5.74, 6) is -0.718. The molecule has 0 unspecified atom stereocenters. The molecule has 0 saturated heterocycles. The second-order valence-electron chi connectivity index (χ2n) is 10.8. The summed E-state index contributed by atoms with van der Waals surface area (Å²) in [4.78, 5) is 29.4. The lowest BCUT2D eigenvalue weighted by Gasteiger charge is -2.16. The fraction of sp³-hybridized carbons (Fsp3) is 0. The third-order valence-electron chi connectivity index (χ3n) is 8.40. The first-order valence-electron chi connectivity index (χ1n) is 14.3. The van der Waals surface area contributed by atoms with E-state index in [-0.39, 0.29) is 11.8 Å². The summed E-state index contributed by atoms with van der Waals surface area (Å²) in [6.45, 7) is 0. The Kier molecular flexibility index (Phi) is 5.75. The lowest BCUT2D eigenvalue weighted by molar-refractivity contribution is 0.0926. The molecule has 5 nitrogen and oxygen atoms in total. The maximum absolute atomic E-state index is 14.3. The molecule has 1 aliphatic heterocycles. The Hall–Kier alpha value is -6.25. The number of carbonyl (C=O) groups excluding carboxylic acids is 2. The summed E-state index contributed by atoms with van der Waals surface area (Å²) in [7, 11) is 0. The molecule has 0 spiro atoms. The third kappa shape index (κ3) is 3.72. The Morgan fingerprint density at radius 2 is 1.16 bits per heavy atom. The van der Waals surface area contributed by atoms with Crippen molar-refractivity contribution in [1.82, 2.24) is 4.57 Å². The Morgan fingerprint density at radius 3 is 1.98 bits per heavy atom. The van der Waals surface area contributed by atoms with Gasteiger partial charge >= 0.3 is 0 Å². The van der Waals surface area contributed by atoms with Crippen molar-refractivity contribution in [2.75, 3.05) is 4.90 Å². The van der Waals surface area contributed by atoms with Gasteiger partial charge in [0.1, 0.15) is 0 Å². The van der Waals surface area contributed by atoms with Crippen molar-refractivity contribution in [3.8, 4) is 34.0 Å². The molecule has 8 rings (SSSR count). The highest BCUT2D eigenvalue weighted by Crippen LogP contribution is 2.41. The lowest BCUT2D eigenvalue weighted by atomic mass is 9.97. The molecule has 1 aromatic heterocycles. The Labute approximate surface area is 253 Å². The van der Waals surface area contributed by atoms with Gasteiger partial charge in [-0.05, 0) is 47.5 Å². The highest BCUT2D eigenvalue weighted by molar-refractivity contribution is 6.36. The molecular formula is C39H23N3O2. The van der Waals surface area contributed by atoms with Crippen molar-refractivity contribution in [1.29, 1.82) is 5.26 Å². The van der Waals surface area contributed by atoms with Crippen LogP contribution < -0.4 is 4.90 Å². The minimum Gasteiger partial charge on any atom is -0.308 e. The number of fused-ring (bicyclic) bond motifs is 4. The molecule has 2 heterocycles. The summed E-state index contributed by atoms with van der Waals surface area (Å²) in [6, 6.07) is 46.9. The van der Waals surface area contributed by atoms with Crippen molar-refractivity contribution >= 4 is 39.3 Å². The molecule has 0 bridgehead atoms. The van der Waals surface area contributed by atoms with Crippen molar-refractivity contribution in [3.05, 3.63) is 156 Å². The summed E-state index contributed by atoms with van der Waals surface area (Å²) in [5.41, 5.74) is 7.94. The number of amides is 2. The molecule has 0 aliphatic carbocycles. The molecule has 6 aromatic carbocycles. The van der Waals surface area contributed by atoms with Crippen LogP contribution in [-0.4, -0.2) is 16.4 Å². The Bertz CT molecular complexity index is 2330. The van der Waals surface area contributed by atoms with Crippen LogP contribution >= 0.6 is 0 Å². The van der Waals surface area contributed by atoms with Gasteiger partial charge in [-0.1, -0.05) is 103 Å². The Balaban J connectivity index is 1.34. The number of benzene rings is 6. The minimum atomic E-state index is -0.367. The van der Waals surface area contributed by atoms with Gasteiger partial charge in [0, 0.05) is 21.9 Å². The van der Waals surface area contributed by atoms with Gasteiger partial charge in [0.25, 0.3) is 11.8 Å². The van der Waals surface area contributed by atoms with Gasteiger partial charge in [-0.3, -0.25) is 9.59 Å². The summed E-state index contributed by atoms with van der Waals surface area (Å²) in [5, 5.41) is 12.0. The van der Waals surface area contributed by atoms with E-state index in [0.29, 0.717) is 28.1 Å². The van der Waals surface area contributed by atoms with E-state index in [1.807, 2.05) is 121 Å². The van der Waals surface area contributed by atoms with Crippen LogP contribution in [0, 0.1) is 11.3 Å². The predicted octanol–water partition coefficient (Wildman–Crippen LogP) is 8.79. The van der Waals surface area contributed by atoms with Crippen molar-refractivity contribution < 1.29 is 9.59 Å². The molecule has 0 atom stereocenters. The molecule has 1 aliphatic rings. The quantitative estimate of drug-likeness (QED) is 0.200. The number of nitrogens with zero attached hydrogens (tertiary/aromatic N) is 3. The number of hydrogen-bond donors (Lipinski definition) is 0. The van der Waals surface area contributed by atoms with Crippen molar-refractivity contribution in [3.63, 3.8) is 0 Å². The van der Waals surface area contributed by atoms with E-state index in [1.54, 1.807) is 6.07 Å². The number of nitriles is 1. The van der Waals surface area contributed by atoms with Crippen LogP contribution in [0.5, 0.6) is 0 Å². The number of hydrogen-bond acceptors (Lipinski definition) is 3. The van der Waals surface area contributed by atoms with E-state index in [9.17, 15) is 14.9 Å². The van der Waals surface area contributed by atoms with E-state index in [0.717, 1.165) is 44.1 Å². The molecule has 44 heavy (non-hydrogen) atoms. The number of imide groups is 1. The van der Waals surface area contributed by atoms with Gasteiger partial charge in [0.15, 0.2) is 0 Å². The molecule has 0 radical (unpaired) electrons. The van der Waals surface area contributed by atoms with Crippen LogP contribution in [0.15, 0.2) is 140 Å². The number of para-hydroxylation sites is 2. The zero-order chi connectivity index (χ0) is 29.8. The van der Waals surface area contributed by atoms with Crippen LogP contribution in [0.25, 0.3) is 49.7 Å². The standard InChI is InChI=1S/C39H23N3O2/c40-24-27-12-4-5-13-29(27)31-15-8-16-32-30-14-6-7-18-34(30)42(37(31)32)35-19-9-17-33-36(35)39(44)41(38(33)43)28-22-20-26(21-23-28)25-10-2-1-3-11-25/h1-23H. The zero-order valence-corrected chi connectivity index (χ0v) is 23.4. The van der Waals surface area contributed by atoms with Gasteiger partial charge in [0.05, 0.1) is 45.2 Å². The van der Waals surface area contributed by atoms with E-state index < -0.39 is 0 Å². The molecule has 0 N–H and O–H groups in total. The first-order chi connectivity index (χ1) is 21.7. The third-order valence-corrected chi connectivity index (χ3v) is 8.40. The van der Waals surface area contributed by atoms with E-state index in [1.165, 1.54) is 4.90 Å². The second-order valence-corrected chi connectivity index (χ2v) is 10.8. The molecule has 0 saturated carbocycles. The zero-order valence-electron chi connectivity index (χ0n) is 23.4. The summed E-state index contributed by atoms with van der Waals surface area (Å²) < 4.78 is 2.07. The van der Waals surface area contributed by atoms with E-state index in [4.69, 9.17) is 0 Å². The van der Waals surface area contributed by atoms with Gasteiger partial charge in [-0.15, -0.1) is 0 Å². The first kappa shape index (κ1) is 25.5. The molecule has 206 valence electrons. The number of carbonyl (C=O) groups is 2. The Morgan fingerprint density at radius 1 is 0.523 bits per heavy atom. The van der Waals surface area contributed by atoms with Gasteiger partial charge in [-0.2, -0.15) is 5.26 Å². The summed E-state index contributed by atoms with van der Waals surface area (Å²) in [6.07, 6.45) is 0. The van der Waals surface area contributed by atoms with Crippen LogP contribution in [0.4, 0.5) is 5.69 Å². The number of aromatic nitrogens is 1. The first-order valence-corrected chi connectivity index (χ1v) is 14.3. The topological polar surface area (TPSA) is 66.1 Å². The van der Waals surface area contributed by atoms with Crippen LogP contribution in [-0.2, 0) is 0 Å². The fourth-order valence-electron chi connectivity index (χ4n) is 6.42. The predicted molar refractivity (Wildman–Crippen MR) is 174 cm³/mol. The average molecular weight is 566 g/mol. The van der Waals surface area contributed by atoms with Crippen LogP contribution in [0.3, 0.4) is 0 Å². The second kappa shape index (κ2) is 9.94. The van der Waals surface area contributed by atoms with E-state index >= 15 is 0 Å². The molecule has 2 amide bonds. The molecule has 7 aromatic rings. The number of anilines is 1. The molecule has 5 heteroatoms. The smallest absolute Gasteiger partial charge is 0.268 e. The maximum atomic E-state index is 14.3. The maximum Gasteiger partial charge on any atom is 0.268 e. The minimum absolute atomic E-state index is 0.352. The van der Waals surface area contributed by atoms with Gasteiger partial charge in [-0.25, -0.2) is 4.90 Å². The highest BCUT2D eigenvalue weighted by Gasteiger charge is 2.39. The van der Waals surface area contributed by atoms with Gasteiger partial charge < -0.3 is 4.57 Å². The van der Waals surface area contributed by atoms with E-state index in [2.05, 4.69) is 22.8 Å². The molecular weight excluding hydrogens is 542 g/mol. The average Bonchev–Trinajstić information content (AvgIpc) is 3.56. The van der Waals surface area contributed by atoms with Crippen LogP contribution in [0.1, 0.15) is 26.3 Å². The van der Waals surface area contributed by atoms with Crippen molar-refractivity contribution in [2.24, 2.45) is 0 Å². The van der Waals surface area contributed by atoms with Gasteiger partial charge in [0.2, 0.25) is 0 Å². The SMILES string of the molecule is N#Cc1ccccc1-c1cccc2c3ccccc3n(-c3cccc4c3C(=O)N(c3ccc(-c5ccccc5)cc3)C4=O)c12.